The molecule has 0 saturated carbocycles. The van der Waals surface area contributed by atoms with Gasteiger partial charge in [-0.2, -0.15) is 0 Å². The largest absolute Gasteiger partial charge is 0.452 e. The second-order valence-corrected chi connectivity index (χ2v) is 10.8. The molecule has 1 amide bonds. The normalized spacial score (nSPS) is 18.7. The van der Waals surface area contributed by atoms with Crippen LogP contribution in [-0.2, 0) is 22.4 Å². The Hall–Kier alpha value is -3.90. The van der Waals surface area contributed by atoms with E-state index in [1.807, 2.05) is 47.8 Å². The first-order valence-corrected chi connectivity index (χ1v) is 13.6. The standard InChI is InChI=1S/C31H28N2O3S/c1-20-11-14-25-26(19-37-29(25)15-20)31(35)36-18-30(34)33-28(22-8-3-2-4-9-22)17-27(32-33)24-13-12-21-7-5-6-10-23(21)16-24/h2-10,12-13,16-17,19-20,28,32H,11,14-15,18H2,1H3/t20-,28+/m0/s1. The van der Waals surface area contributed by atoms with Crippen molar-refractivity contribution in [3.8, 4) is 0 Å². The molecule has 2 aliphatic rings. The summed E-state index contributed by atoms with van der Waals surface area (Å²) in [5, 5.41) is 5.74. The molecular formula is C31H28N2O3S. The molecule has 0 fully saturated rings. The molecule has 1 aliphatic heterocycles. The van der Waals surface area contributed by atoms with Crippen molar-refractivity contribution in [2.75, 3.05) is 6.61 Å². The Bertz CT molecular complexity index is 1510. The maximum absolute atomic E-state index is 13.4. The number of amides is 1. The number of hydrogen-bond acceptors (Lipinski definition) is 5. The van der Waals surface area contributed by atoms with Crippen LogP contribution in [0.15, 0.2) is 84.3 Å². The molecule has 186 valence electrons. The van der Waals surface area contributed by atoms with Crippen molar-refractivity contribution in [1.29, 1.82) is 0 Å². The predicted octanol–water partition coefficient (Wildman–Crippen LogP) is 6.31. The summed E-state index contributed by atoms with van der Waals surface area (Å²) in [4.78, 5) is 27.6. The molecule has 1 aliphatic carbocycles. The SMILES string of the molecule is C[C@H]1CCc2c(C(=O)OCC(=O)N3NC(c4ccc5ccccc5c4)=C[C@@H]3c3ccccc3)csc2C1. The van der Waals surface area contributed by atoms with E-state index in [1.54, 1.807) is 16.3 Å². The number of carbonyl (C=O) groups is 2. The number of ether oxygens (including phenoxy) is 1. The van der Waals surface area contributed by atoms with E-state index in [1.165, 1.54) is 4.88 Å². The first-order valence-electron chi connectivity index (χ1n) is 12.7. The zero-order chi connectivity index (χ0) is 25.4. The fourth-order valence-electron chi connectivity index (χ4n) is 5.22. The third kappa shape index (κ3) is 4.65. The molecule has 37 heavy (non-hydrogen) atoms. The van der Waals surface area contributed by atoms with Crippen molar-refractivity contribution in [2.45, 2.75) is 32.2 Å². The van der Waals surface area contributed by atoms with Gasteiger partial charge in [0.2, 0.25) is 0 Å². The van der Waals surface area contributed by atoms with E-state index >= 15 is 0 Å². The van der Waals surface area contributed by atoms with E-state index in [0.717, 1.165) is 52.4 Å². The van der Waals surface area contributed by atoms with E-state index in [2.05, 4.69) is 48.8 Å². The van der Waals surface area contributed by atoms with Crippen molar-refractivity contribution in [3.05, 3.63) is 111 Å². The summed E-state index contributed by atoms with van der Waals surface area (Å²) < 4.78 is 5.55. The molecule has 6 heteroatoms. The van der Waals surface area contributed by atoms with Crippen molar-refractivity contribution >= 4 is 39.7 Å². The highest BCUT2D eigenvalue weighted by molar-refractivity contribution is 7.10. The summed E-state index contributed by atoms with van der Waals surface area (Å²) in [5.41, 5.74) is 7.82. The molecule has 0 radical (unpaired) electrons. The number of nitrogens with one attached hydrogen (secondary N) is 1. The van der Waals surface area contributed by atoms with E-state index in [9.17, 15) is 9.59 Å². The predicted molar refractivity (Wildman–Crippen MR) is 147 cm³/mol. The molecule has 1 aromatic heterocycles. The minimum absolute atomic E-state index is 0.299. The van der Waals surface area contributed by atoms with Crippen LogP contribution in [0, 0.1) is 5.92 Å². The molecule has 5 nitrogen and oxygen atoms in total. The third-order valence-electron chi connectivity index (χ3n) is 7.26. The zero-order valence-corrected chi connectivity index (χ0v) is 21.5. The molecule has 0 spiro atoms. The Morgan fingerprint density at radius 2 is 1.81 bits per heavy atom. The Morgan fingerprint density at radius 3 is 2.65 bits per heavy atom. The maximum Gasteiger partial charge on any atom is 0.339 e. The Labute approximate surface area is 220 Å². The van der Waals surface area contributed by atoms with Gasteiger partial charge in [0.15, 0.2) is 6.61 Å². The molecule has 0 bridgehead atoms. The molecule has 2 heterocycles. The van der Waals surface area contributed by atoms with Gasteiger partial charge in [0.05, 0.1) is 17.3 Å². The molecule has 0 saturated heterocycles. The van der Waals surface area contributed by atoms with E-state index in [0.29, 0.717) is 11.5 Å². The number of hydrogen-bond donors (Lipinski definition) is 1. The molecule has 4 aromatic rings. The Morgan fingerprint density at radius 1 is 1.03 bits per heavy atom. The maximum atomic E-state index is 13.4. The Kier molecular flexibility index (Phi) is 6.26. The lowest BCUT2D eigenvalue weighted by Gasteiger charge is -2.25. The van der Waals surface area contributed by atoms with Gasteiger partial charge < -0.3 is 4.74 Å². The first kappa shape index (κ1) is 23.5. The molecule has 3 aromatic carbocycles. The molecule has 2 atom stereocenters. The van der Waals surface area contributed by atoms with Gasteiger partial charge in [-0.15, -0.1) is 11.3 Å². The summed E-state index contributed by atoms with van der Waals surface area (Å²) in [6.07, 6.45) is 5.02. The van der Waals surface area contributed by atoms with Crippen LogP contribution >= 0.6 is 11.3 Å². The van der Waals surface area contributed by atoms with Gasteiger partial charge in [-0.1, -0.05) is 73.7 Å². The van der Waals surface area contributed by atoms with Crippen molar-refractivity contribution in [3.63, 3.8) is 0 Å². The lowest BCUT2D eigenvalue weighted by molar-refractivity contribution is -0.137. The van der Waals surface area contributed by atoms with Crippen molar-refractivity contribution in [1.82, 2.24) is 10.4 Å². The van der Waals surface area contributed by atoms with Gasteiger partial charge in [0, 0.05) is 10.3 Å². The van der Waals surface area contributed by atoms with Crippen LogP contribution in [0.3, 0.4) is 0 Å². The van der Waals surface area contributed by atoms with E-state index in [4.69, 9.17) is 4.74 Å². The second-order valence-electron chi connectivity index (χ2n) is 9.85. The molecular weight excluding hydrogens is 480 g/mol. The smallest absolute Gasteiger partial charge is 0.339 e. The van der Waals surface area contributed by atoms with Crippen LogP contribution in [0.1, 0.15) is 51.3 Å². The number of esters is 1. The Balaban J connectivity index is 1.21. The van der Waals surface area contributed by atoms with Crippen LogP contribution < -0.4 is 5.43 Å². The van der Waals surface area contributed by atoms with Gasteiger partial charge in [-0.25, -0.2) is 9.80 Å². The fourth-order valence-corrected chi connectivity index (χ4v) is 6.46. The summed E-state index contributed by atoms with van der Waals surface area (Å²) in [6.45, 7) is 1.92. The first-order chi connectivity index (χ1) is 18.1. The van der Waals surface area contributed by atoms with Crippen molar-refractivity contribution in [2.24, 2.45) is 5.92 Å². The lowest BCUT2D eigenvalue weighted by atomic mass is 9.88. The van der Waals surface area contributed by atoms with Gasteiger partial charge in [-0.05, 0) is 64.8 Å². The second kappa shape index (κ2) is 9.87. The average Bonchev–Trinajstić information content (AvgIpc) is 3.57. The number of nitrogens with zero attached hydrogens (tertiary/aromatic N) is 1. The summed E-state index contributed by atoms with van der Waals surface area (Å²) in [7, 11) is 0. The van der Waals surface area contributed by atoms with Gasteiger partial charge in [0.25, 0.3) is 5.91 Å². The number of hydrazine groups is 1. The minimum Gasteiger partial charge on any atom is -0.452 e. The van der Waals surface area contributed by atoms with E-state index in [-0.39, 0.29) is 18.6 Å². The highest BCUT2D eigenvalue weighted by Crippen LogP contribution is 2.34. The third-order valence-corrected chi connectivity index (χ3v) is 8.31. The average molecular weight is 509 g/mol. The van der Waals surface area contributed by atoms with Gasteiger partial charge in [0.1, 0.15) is 0 Å². The van der Waals surface area contributed by atoms with Crippen LogP contribution in [-0.4, -0.2) is 23.5 Å². The van der Waals surface area contributed by atoms with Crippen LogP contribution in [0.5, 0.6) is 0 Å². The highest BCUT2D eigenvalue weighted by atomic mass is 32.1. The molecule has 6 rings (SSSR count). The van der Waals surface area contributed by atoms with Crippen LogP contribution in [0.25, 0.3) is 16.5 Å². The van der Waals surface area contributed by atoms with Crippen LogP contribution in [0.2, 0.25) is 0 Å². The monoisotopic (exact) mass is 508 g/mol. The highest BCUT2D eigenvalue weighted by Gasteiger charge is 2.32. The number of fused-ring (bicyclic) bond motifs is 2. The molecule has 0 unspecified atom stereocenters. The fraction of sp³-hybridized carbons (Fsp3) is 0.226. The number of rotatable bonds is 5. The summed E-state index contributed by atoms with van der Waals surface area (Å²) in [6, 6.07) is 24.0. The van der Waals surface area contributed by atoms with Crippen LogP contribution in [0.4, 0.5) is 0 Å². The number of carbonyl (C=O) groups excluding carboxylic acids is 2. The molecule has 1 N–H and O–H groups in total. The summed E-state index contributed by atoms with van der Waals surface area (Å²) in [5.74, 6) is -0.0809. The minimum atomic E-state index is -0.418. The topological polar surface area (TPSA) is 58.6 Å². The lowest BCUT2D eigenvalue weighted by Crippen LogP contribution is -2.42. The van der Waals surface area contributed by atoms with Crippen molar-refractivity contribution < 1.29 is 14.3 Å². The van der Waals surface area contributed by atoms with E-state index < -0.39 is 5.97 Å². The number of thiophene rings is 1. The zero-order valence-electron chi connectivity index (χ0n) is 20.6. The number of benzene rings is 3. The van der Waals surface area contributed by atoms with Gasteiger partial charge >= 0.3 is 5.97 Å². The summed E-state index contributed by atoms with van der Waals surface area (Å²) >= 11 is 1.62. The quantitative estimate of drug-likeness (QED) is 0.321. The van der Waals surface area contributed by atoms with Gasteiger partial charge in [-0.3, -0.25) is 10.2 Å².